The molecule has 0 aromatic heterocycles. The van der Waals surface area contributed by atoms with Gasteiger partial charge < -0.3 is 5.73 Å². The van der Waals surface area contributed by atoms with Crippen molar-refractivity contribution in [3.8, 4) is 0 Å². The van der Waals surface area contributed by atoms with Crippen LogP contribution >= 0.6 is 43.8 Å². The summed E-state index contributed by atoms with van der Waals surface area (Å²) in [5.41, 5.74) is 7.40. The number of nitrogens with two attached hydrogens (primary N) is 1. The monoisotopic (exact) mass is 443 g/mol. The zero-order chi connectivity index (χ0) is 15.1. The number of rotatable bonds is 2. The molecule has 1 aliphatic rings. The summed E-state index contributed by atoms with van der Waals surface area (Å²) in [6.07, 6.45) is 3.31. The van der Waals surface area contributed by atoms with Crippen molar-refractivity contribution in [2.24, 2.45) is 8.76 Å². The molecule has 3 rings (SSSR count). The van der Waals surface area contributed by atoms with Crippen LogP contribution in [0.2, 0.25) is 0 Å². The highest BCUT2D eigenvalue weighted by Gasteiger charge is 2.16. The Kier molecular flexibility index (Phi) is 4.36. The third-order valence-electron chi connectivity index (χ3n) is 3.50. The molecule has 1 aliphatic heterocycles. The Morgan fingerprint density at radius 1 is 1.33 bits per heavy atom. The second-order valence-electron chi connectivity index (χ2n) is 4.74. The van der Waals surface area contributed by atoms with Crippen molar-refractivity contribution in [2.75, 3.05) is 5.73 Å². The SMILES string of the molecule is CCC1C=c2c(Br)cc3c(N)c(N=S)c(Br)cc3c2=NS1. The molecule has 7 heteroatoms. The molecule has 0 aliphatic carbocycles. The van der Waals surface area contributed by atoms with Crippen LogP contribution in [0.15, 0.2) is 29.8 Å². The van der Waals surface area contributed by atoms with Crippen molar-refractivity contribution in [2.45, 2.75) is 18.6 Å². The fourth-order valence-electron chi connectivity index (χ4n) is 2.37. The quantitative estimate of drug-likeness (QED) is 0.559. The molecule has 2 aromatic rings. The summed E-state index contributed by atoms with van der Waals surface area (Å²) < 4.78 is 10.3. The first-order valence-corrected chi connectivity index (χ1v) is 9.14. The van der Waals surface area contributed by atoms with E-state index < -0.39 is 0 Å². The summed E-state index contributed by atoms with van der Waals surface area (Å²) in [6.45, 7) is 2.16. The summed E-state index contributed by atoms with van der Waals surface area (Å²) >= 11 is 13.5. The lowest BCUT2D eigenvalue weighted by molar-refractivity contribution is 1.00. The van der Waals surface area contributed by atoms with E-state index in [4.69, 9.17) is 22.6 Å². The number of nitrogen functional groups attached to an aromatic ring is 1. The molecular formula is C14H11Br2N3S2. The van der Waals surface area contributed by atoms with E-state index in [0.717, 1.165) is 36.7 Å². The van der Waals surface area contributed by atoms with Gasteiger partial charge in [0.25, 0.3) is 0 Å². The molecule has 0 fully saturated rings. The molecule has 2 aromatic carbocycles. The largest absolute Gasteiger partial charge is 0.396 e. The molecule has 3 nitrogen and oxygen atoms in total. The molecule has 1 atom stereocenters. The topological polar surface area (TPSA) is 50.7 Å². The maximum absolute atomic E-state index is 6.22. The van der Waals surface area contributed by atoms with Crippen LogP contribution < -0.4 is 16.3 Å². The molecule has 0 bridgehead atoms. The van der Waals surface area contributed by atoms with Gasteiger partial charge in [0.1, 0.15) is 5.69 Å². The van der Waals surface area contributed by atoms with Gasteiger partial charge in [-0.15, -0.1) is 0 Å². The smallest absolute Gasteiger partial charge is 0.115 e. The molecule has 1 heterocycles. The number of nitrogens with zero attached hydrogens (tertiary/aromatic N) is 2. The van der Waals surface area contributed by atoms with E-state index in [1.165, 1.54) is 0 Å². The minimum atomic E-state index is 0.411. The molecule has 2 N–H and O–H groups in total. The molecule has 0 radical (unpaired) electrons. The standard InChI is InChI=1S/C14H11Br2N3S2/c1-2-6-3-9-10(15)4-7-8(13(9)19-21-6)5-11(16)14(18-20)12(7)17/h3-6H,2,17H2,1H3. The minimum absolute atomic E-state index is 0.411. The van der Waals surface area contributed by atoms with Crippen molar-refractivity contribution in [3.63, 3.8) is 0 Å². The van der Waals surface area contributed by atoms with Crippen molar-refractivity contribution in [3.05, 3.63) is 31.7 Å². The first-order chi connectivity index (χ1) is 10.1. The highest BCUT2D eigenvalue weighted by atomic mass is 79.9. The van der Waals surface area contributed by atoms with Crippen LogP contribution in [0, 0.1) is 0 Å². The fraction of sp³-hybridized carbons (Fsp3) is 0.214. The van der Waals surface area contributed by atoms with Crippen LogP contribution in [0.25, 0.3) is 16.8 Å². The third kappa shape index (κ3) is 2.54. The van der Waals surface area contributed by atoms with Gasteiger partial charge in [-0.3, -0.25) is 0 Å². The average Bonchev–Trinajstić information content (AvgIpc) is 2.49. The van der Waals surface area contributed by atoms with Gasteiger partial charge in [0.15, 0.2) is 0 Å². The van der Waals surface area contributed by atoms with Crippen LogP contribution in [0.4, 0.5) is 11.4 Å². The molecule has 108 valence electrons. The van der Waals surface area contributed by atoms with Gasteiger partial charge in [0, 0.05) is 42.6 Å². The highest BCUT2D eigenvalue weighted by molar-refractivity contribution is 9.10. The molecular weight excluding hydrogens is 434 g/mol. The van der Waals surface area contributed by atoms with E-state index >= 15 is 0 Å². The Bertz CT molecular complexity index is 880. The summed E-state index contributed by atoms with van der Waals surface area (Å²) in [6, 6.07) is 4.01. The van der Waals surface area contributed by atoms with Gasteiger partial charge in [0.2, 0.25) is 0 Å². The van der Waals surface area contributed by atoms with E-state index in [9.17, 15) is 0 Å². The maximum Gasteiger partial charge on any atom is 0.115 e. The van der Waals surface area contributed by atoms with Gasteiger partial charge in [-0.1, -0.05) is 28.9 Å². The second-order valence-corrected chi connectivity index (χ2v) is 7.63. The fourth-order valence-corrected chi connectivity index (χ4v) is 4.54. The van der Waals surface area contributed by atoms with Gasteiger partial charge in [-0.05, 0) is 46.4 Å². The first kappa shape index (κ1) is 15.4. The number of hydrogen-bond donors (Lipinski definition) is 1. The second kappa shape index (κ2) is 5.95. The molecule has 0 spiro atoms. The van der Waals surface area contributed by atoms with Gasteiger partial charge in [-0.25, -0.2) is 4.40 Å². The normalized spacial score (nSPS) is 17.0. The van der Waals surface area contributed by atoms with Crippen LogP contribution in [0.1, 0.15) is 13.3 Å². The molecule has 0 saturated carbocycles. The Labute approximate surface area is 148 Å². The number of halogens is 2. The summed E-state index contributed by atoms with van der Waals surface area (Å²) in [7, 11) is 0. The minimum Gasteiger partial charge on any atom is -0.396 e. The summed E-state index contributed by atoms with van der Waals surface area (Å²) in [5.74, 6) is 0. The molecule has 1 unspecified atom stereocenters. The first-order valence-electron chi connectivity index (χ1n) is 6.36. The Hall–Kier alpha value is -0.500. The van der Waals surface area contributed by atoms with E-state index in [1.807, 2.05) is 12.1 Å². The van der Waals surface area contributed by atoms with Crippen molar-refractivity contribution in [1.82, 2.24) is 0 Å². The van der Waals surface area contributed by atoms with Gasteiger partial charge in [-0.2, -0.15) is 4.36 Å². The molecule has 0 saturated heterocycles. The van der Waals surface area contributed by atoms with Crippen LogP contribution in [0.3, 0.4) is 0 Å². The number of benzene rings is 2. The number of fused-ring (bicyclic) bond motifs is 3. The predicted octanol–water partition coefficient (Wildman–Crippen LogP) is 4.15. The Morgan fingerprint density at radius 3 is 2.71 bits per heavy atom. The third-order valence-corrected chi connectivity index (χ3v) is 5.97. The number of anilines is 1. The van der Waals surface area contributed by atoms with E-state index in [0.29, 0.717) is 16.6 Å². The van der Waals surface area contributed by atoms with Gasteiger partial charge >= 0.3 is 0 Å². The lowest BCUT2D eigenvalue weighted by Crippen LogP contribution is -2.31. The zero-order valence-corrected chi connectivity index (χ0v) is 15.9. The Balaban J connectivity index is 2.49. The lowest BCUT2D eigenvalue weighted by atomic mass is 10.0. The highest BCUT2D eigenvalue weighted by Crippen LogP contribution is 2.37. The van der Waals surface area contributed by atoms with E-state index in [2.05, 4.69) is 49.2 Å². The molecule has 21 heavy (non-hydrogen) atoms. The van der Waals surface area contributed by atoms with Crippen molar-refractivity contribution in [1.29, 1.82) is 0 Å². The molecule has 0 amide bonds. The van der Waals surface area contributed by atoms with Gasteiger partial charge in [0.05, 0.1) is 11.0 Å². The maximum atomic E-state index is 6.22. The zero-order valence-electron chi connectivity index (χ0n) is 11.1. The van der Waals surface area contributed by atoms with Crippen molar-refractivity contribution < 1.29 is 0 Å². The van der Waals surface area contributed by atoms with Crippen molar-refractivity contribution >= 4 is 84.5 Å². The van der Waals surface area contributed by atoms with E-state index in [1.54, 1.807) is 11.9 Å². The van der Waals surface area contributed by atoms with E-state index in [-0.39, 0.29) is 0 Å². The predicted molar refractivity (Wildman–Crippen MR) is 100 cm³/mol. The Morgan fingerprint density at radius 2 is 2.05 bits per heavy atom. The number of hydrogen-bond acceptors (Lipinski definition) is 5. The average molecular weight is 445 g/mol. The van der Waals surface area contributed by atoms with Crippen LogP contribution in [-0.2, 0) is 12.4 Å². The van der Waals surface area contributed by atoms with Crippen LogP contribution in [0.5, 0.6) is 0 Å². The van der Waals surface area contributed by atoms with Crippen LogP contribution in [-0.4, -0.2) is 5.25 Å². The summed E-state index contributed by atoms with van der Waals surface area (Å²) in [5, 5.41) is 4.42. The lowest BCUT2D eigenvalue weighted by Gasteiger charge is -2.14. The summed E-state index contributed by atoms with van der Waals surface area (Å²) in [4.78, 5) is 0.